The minimum absolute atomic E-state index is 0.379. The highest BCUT2D eigenvalue weighted by Crippen LogP contribution is 2.44. The van der Waals surface area contributed by atoms with E-state index >= 15 is 0 Å². The quantitative estimate of drug-likeness (QED) is 0.452. The topological polar surface area (TPSA) is 85.7 Å². The second kappa shape index (κ2) is 8.24. The average molecular weight is 440 g/mol. The van der Waals surface area contributed by atoms with E-state index in [0.29, 0.717) is 21.4 Å². The zero-order valence-corrected chi connectivity index (χ0v) is 17.0. The van der Waals surface area contributed by atoms with Gasteiger partial charge in [0.1, 0.15) is 24.4 Å². The van der Waals surface area contributed by atoms with E-state index in [2.05, 4.69) is 4.98 Å². The first-order valence-corrected chi connectivity index (χ1v) is 10.5. The number of aromatic amines is 1. The van der Waals surface area contributed by atoms with Crippen molar-refractivity contribution in [2.45, 2.75) is 35.2 Å². The lowest BCUT2D eigenvalue weighted by atomic mass is 10.0. The van der Waals surface area contributed by atoms with E-state index in [1.165, 1.54) is 0 Å². The van der Waals surface area contributed by atoms with Gasteiger partial charge in [0.25, 0.3) is 0 Å². The molecule has 1 aliphatic rings. The lowest BCUT2D eigenvalue weighted by Gasteiger charge is -2.16. The Bertz CT molecular complexity index is 981. The van der Waals surface area contributed by atoms with Crippen LogP contribution in [-0.2, 0) is 10.5 Å². The van der Waals surface area contributed by atoms with E-state index in [1.54, 1.807) is 23.9 Å². The molecule has 1 aliphatic heterocycles. The maximum absolute atomic E-state index is 10.6. The number of aliphatic hydroxyl groups is 3. The van der Waals surface area contributed by atoms with Crippen LogP contribution >= 0.6 is 35.0 Å². The maximum Gasteiger partial charge on any atom is 0.115 e. The van der Waals surface area contributed by atoms with Crippen LogP contribution < -0.4 is 0 Å². The number of aromatic nitrogens is 1. The molecule has 0 radical (unpaired) electrons. The van der Waals surface area contributed by atoms with Gasteiger partial charge < -0.3 is 25.0 Å². The fourth-order valence-corrected chi connectivity index (χ4v) is 4.84. The van der Waals surface area contributed by atoms with E-state index in [9.17, 15) is 15.3 Å². The third kappa shape index (κ3) is 3.66. The summed E-state index contributed by atoms with van der Waals surface area (Å²) in [7, 11) is 0. The van der Waals surface area contributed by atoms with Crippen LogP contribution in [0.15, 0.2) is 47.5 Å². The molecule has 0 saturated carbocycles. The zero-order valence-electron chi connectivity index (χ0n) is 14.7. The van der Waals surface area contributed by atoms with Crippen molar-refractivity contribution in [2.75, 3.05) is 6.61 Å². The molecule has 8 heteroatoms. The molecule has 28 heavy (non-hydrogen) atoms. The number of benzene rings is 2. The number of nitrogens with one attached hydrogen (secondary N) is 1. The molecule has 0 amide bonds. The number of hydrogen-bond acceptors (Lipinski definition) is 5. The molecule has 0 spiro atoms. The van der Waals surface area contributed by atoms with Crippen LogP contribution in [0, 0.1) is 0 Å². The molecular formula is C20H19Cl2NO4S. The number of halogens is 2. The summed E-state index contributed by atoms with van der Waals surface area (Å²) in [4.78, 5) is 3.33. The predicted molar refractivity (Wildman–Crippen MR) is 111 cm³/mol. The molecular weight excluding hydrogens is 421 g/mol. The largest absolute Gasteiger partial charge is 0.394 e. The molecule has 148 valence electrons. The summed E-state index contributed by atoms with van der Waals surface area (Å²) < 4.78 is 5.79. The summed E-state index contributed by atoms with van der Waals surface area (Å²) in [5.41, 5.74) is 2.61. The van der Waals surface area contributed by atoms with Gasteiger partial charge >= 0.3 is 0 Å². The second-order valence-corrected chi connectivity index (χ2v) is 8.51. The van der Waals surface area contributed by atoms with Crippen LogP contribution in [0.4, 0.5) is 0 Å². The third-order valence-corrected chi connectivity index (χ3v) is 6.71. The first-order valence-electron chi connectivity index (χ1n) is 8.79. The van der Waals surface area contributed by atoms with Gasteiger partial charge in [-0.2, -0.15) is 0 Å². The Kier molecular flexibility index (Phi) is 5.90. The van der Waals surface area contributed by atoms with Crippen LogP contribution in [0.3, 0.4) is 0 Å². The molecule has 3 aromatic rings. The van der Waals surface area contributed by atoms with E-state index < -0.39 is 24.4 Å². The molecule has 0 aliphatic carbocycles. The summed E-state index contributed by atoms with van der Waals surface area (Å²) in [6.45, 7) is -0.379. The molecule has 4 atom stereocenters. The highest BCUT2D eigenvalue weighted by atomic mass is 35.5. The summed E-state index contributed by atoms with van der Waals surface area (Å²) in [6.07, 6.45) is -3.98. The first kappa shape index (κ1) is 20.0. The molecule has 5 nitrogen and oxygen atoms in total. The first-order chi connectivity index (χ1) is 13.5. The van der Waals surface area contributed by atoms with Crippen LogP contribution in [0.2, 0.25) is 10.0 Å². The van der Waals surface area contributed by atoms with Crippen molar-refractivity contribution in [3.63, 3.8) is 0 Å². The fourth-order valence-electron chi connectivity index (χ4n) is 3.45. The van der Waals surface area contributed by atoms with Crippen molar-refractivity contribution < 1.29 is 20.1 Å². The van der Waals surface area contributed by atoms with Gasteiger partial charge in [0.15, 0.2) is 0 Å². The number of ether oxygens (including phenoxy) is 1. The smallest absolute Gasteiger partial charge is 0.115 e. The molecule has 2 heterocycles. The van der Waals surface area contributed by atoms with Crippen molar-refractivity contribution in [1.82, 2.24) is 4.98 Å². The minimum Gasteiger partial charge on any atom is -0.394 e. The Labute approximate surface area is 176 Å². The standard InChI is InChI=1S/C20H19Cl2NO4S/c21-12-6-11-14(7-13(12)22)23-20(28-9-10-4-2-1-3-5-10)16(11)19-18(26)17(25)15(8-24)27-19/h1-7,15,17-19,23-26H,8-9H2/t15-,17-,18-,19+/m1/s1. The molecule has 1 fully saturated rings. The second-order valence-electron chi connectivity index (χ2n) is 6.71. The lowest BCUT2D eigenvalue weighted by molar-refractivity contribution is -0.0230. The average Bonchev–Trinajstić information content (AvgIpc) is 3.18. The number of aliphatic hydroxyl groups excluding tert-OH is 3. The number of H-pyrrole nitrogens is 1. The van der Waals surface area contributed by atoms with Crippen molar-refractivity contribution in [1.29, 1.82) is 0 Å². The number of rotatable bonds is 5. The third-order valence-electron chi connectivity index (χ3n) is 4.90. The normalized spacial score (nSPS) is 24.9. The van der Waals surface area contributed by atoms with Crippen molar-refractivity contribution in [2.24, 2.45) is 0 Å². The monoisotopic (exact) mass is 439 g/mol. The SMILES string of the molecule is OC[C@H]1O[C@@H](c2c(SCc3ccccc3)[nH]c3cc(Cl)c(Cl)cc23)[C@H](O)[C@@H]1O. The van der Waals surface area contributed by atoms with Gasteiger partial charge in [-0.1, -0.05) is 53.5 Å². The van der Waals surface area contributed by atoms with Gasteiger partial charge in [-0.05, 0) is 17.7 Å². The lowest BCUT2D eigenvalue weighted by Crippen LogP contribution is -2.32. The zero-order chi connectivity index (χ0) is 19.8. The van der Waals surface area contributed by atoms with Gasteiger partial charge in [0, 0.05) is 22.2 Å². The van der Waals surface area contributed by atoms with Crippen molar-refractivity contribution in [3.8, 4) is 0 Å². The minimum atomic E-state index is -1.17. The van der Waals surface area contributed by atoms with Crippen LogP contribution in [0.1, 0.15) is 17.2 Å². The maximum atomic E-state index is 10.6. The predicted octanol–water partition coefficient (Wildman–Crippen LogP) is 3.92. The highest BCUT2D eigenvalue weighted by molar-refractivity contribution is 7.98. The summed E-state index contributed by atoms with van der Waals surface area (Å²) in [6, 6.07) is 13.5. The van der Waals surface area contributed by atoms with Crippen LogP contribution in [0.25, 0.3) is 10.9 Å². The van der Waals surface area contributed by atoms with E-state index in [4.69, 9.17) is 27.9 Å². The van der Waals surface area contributed by atoms with Gasteiger partial charge in [-0.15, -0.1) is 11.8 Å². The Morgan fingerprint density at radius 1 is 1.04 bits per heavy atom. The highest BCUT2D eigenvalue weighted by Gasteiger charge is 2.45. The van der Waals surface area contributed by atoms with Gasteiger partial charge in [0.05, 0.1) is 21.7 Å². The number of hydrogen-bond donors (Lipinski definition) is 4. The molecule has 1 saturated heterocycles. The molecule has 0 bridgehead atoms. The molecule has 4 N–H and O–H groups in total. The Balaban J connectivity index is 1.76. The summed E-state index contributed by atoms with van der Waals surface area (Å²) in [5.74, 6) is 0.705. The van der Waals surface area contributed by atoms with E-state index in [0.717, 1.165) is 21.5 Å². The molecule has 4 rings (SSSR count). The molecule has 1 aromatic heterocycles. The van der Waals surface area contributed by atoms with Crippen LogP contribution in [0.5, 0.6) is 0 Å². The summed E-state index contributed by atoms with van der Waals surface area (Å²) >= 11 is 14.0. The summed E-state index contributed by atoms with van der Waals surface area (Å²) in [5, 5.41) is 32.6. The van der Waals surface area contributed by atoms with Crippen molar-refractivity contribution in [3.05, 3.63) is 63.6 Å². The number of fused-ring (bicyclic) bond motifs is 1. The van der Waals surface area contributed by atoms with E-state index in [1.807, 2.05) is 30.3 Å². The van der Waals surface area contributed by atoms with Gasteiger partial charge in [-0.3, -0.25) is 0 Å². The van der Waals surface area contributed by atoms with Gasteiger partial charge in [0.2, 0.25) is 0 Å². The van der Waals surface area contributed by atoms with Gasteiger partial charge in [-0.25, -0.2) is 0 Å². The Hall–Kier alpha value is -1.25. The number of thioether (sulfide) groups is 1. The fraction of sp³-hybridized carbons (Fsp3) is 0.300. The van der Waals surface area contributed by atoms with Crippen molar-refractivity contribution >= 4 is 45.9 Å². The molecule has 2 aromatic carbocycles. The molecule has 0 unspecified atom stereocenters. The van der Waals surface area contributed by atoms with E-state index in [-0.39, 0.29) is 6.61 Å². The van der Waals surface area contributed by atoms with Crippen LogP contribution in [-0.4, -0.2) is 45.2 Å². The Morgan fingerprint density at radius 3 is 2.43 bits per heavy atom. The Morgan fingerprint density at radius 2 is 1.75 bits per heavy atom.